The van der Waals surface area contributed by atoms with Gasteiger partial charge < -0.3 is 15.2 Å². The van der Waals surface area contributed by atoms with Gasteiger partial charge in [-0.2, -0.15) is 4.37 Å². The van der Waals surface area contributed by atoms with Crippen LogP contribution in [0.2, 0.25) is 0 Å². The zero-order chi connectivity index (χ0) is 13.3. The molecule has 2 N–H and O–H groups in total. The lowest BCUT2D eigenvalue weighted by atomic mass is 10.1. The number of rotatable bonds is 8. The molecule has 0 aliphatic rings. The number of nitrogens with one attached hydrogen (secondary N) is 1. The van der Waals surface area contributed by atoms with Crippen LogP contribution >= 0.6 is 11.7 Å². The molecule has 1 unspecified atom stereocenters. The van der Waals surface area contributed by atoms with E-state index in [4.69, 9.17) is 4.74 Å². The zero-order valence-corrected chi connectivity index (χ0v) is 11.3. The molecule has 0 amide bonds. The molecule has 1 heterocycles. The van der Waals surface area contributed by atoms with Crippen molar-refractivity contribution in [1.29, 1.82) is 0 Å². The molecule has 0 saturated heterocycles. The Balaban J connectivity index is 1.55. The van der Waals surface area contributed by atoms with Crippen LogP contribution in [-0.4, -0.2) is 39.7 Å². The molecule has 0 aliphatic heterocycles. The van der Waals surface area contributed by atoms with Crippen molar-refractivity contribution in [3.8, 4) is 5.88 Å². The van der Waals surface area contributed by atoms with Crippen LogP contribution in [0.4, 0.5) is 0 Å². The number of benzene rings is 1. The third-order valence-electron chi connectivity index (χ3n) is 2.58. The second-order valence-corrected chi connectivity index (χ2v) is 4.71. The van der Waals surface area contributed by atoms with E-state index in [9.17, 15) is 5.11 Å². The number of aliphatic hydroxyl groups is 1. The Morgan fingerprint density at radius 1 is 1.32 bits per heavy atom. The van der Waals surface area contributed by atoms with E-state index >= 15 is 0 Å². The third kappa shape index (κ3) is 5.34. The summed E-state index contributed by atoms with van der Waals surface area (Å²) in [7, 11) is 0. The molecular weight excluding hydrogens is 262 g/mol. The SMILES string of the molecule is OC(CNCCc1ccccc1)COc1cnsn1. The highest BCUT2D eigenvalue weighted by Crippen LogP contribution is 2.05. The zero-order valence-electron chi connectivity index (χ0n) is 10.5. The lowest BCUT2D eigenvalue weighted by molar-refractivity contribution is 0.104. The number of nitrogens with zero attached hydrogens (tertiary/aromatic N) is 2. The Morgan fingerprint density at radius 2 is 2.16 bits per heavy atom. The Labute approximate surface area is 116 Å². The fourth-order valence-electron chi connectivity index (χ4n) is 1.61. The molecule has 102 valence electrons. The molecule has 1 atom stereocenters. The van der Waals surface area contributed by atoms with Gasteiger partial charge in [-0.15, -0.1) is 4.37 Å². The lowest BCUT2D eigenvalue weighted by Gasteiger charge is -2.11. The molecule has 0 radical (unpaired) electrons. The topological polar surface area (TPSA) is 67.3 Å². The molecule has 5 nitrogen and oxygen atoms in total. The summed E-state index contributed by atoms with van der Waals surface area (Å²) in [4.78, 5) is 0. The number of hydrogen-bond donors (Lipinski definition) is 2. The van der Waals surface area contributed by atoms with Crippen molar-refractivity contribution >= 4 is 11.7 Å². The average molecular weight is 279 g/mol. The van der Waals surface area contributed by atoms with Gasteiger partial charge in [0, 0.05) is 6.54 Å². The van der Waals surface area contributed by atoms with Gasteiger partial charge >= 0.3 is 0 Å². The van der Waals surface area contributed by atoms with Crippen LogP contribution in [-0.2, 0) is 6.42 Å². The number of hydrogen-bond acceptors (Lipinski definition) is 6. The summed E-state index contributed by atoms with van der Waals surface area (Å²) in [5, 5.41) is 12.9. The van der Waals surface area contributed by atoms with Crippen molar-refractivity contribution in [3.63, 3.8) is 0 Å². The monoisotopic (exact) mass is 279 g/mol. The summed E-state index contributed by atoms with van der Waals surface area (Å²) in [5.41, 5.74) is 1.29. The molecule has 2 aromatic rings. The van der Waals surface area contributed by atoms with Gasteiger partial charge in [0.1, 0.15) is 18.9 Å². The molecule has 6 heteroatoms. The van der Waals surface area contributed by atoms with Gasteiger partial charge in [-0.1, -0.05) is 30.3 Å². The standard InChI is InChI=1S/C13H17N3O2S/c17-12(10-18-13-9-15-19-16-13)8-14-7-6-11-4-2-1-3-5-11/h1-5,9,12,14,17H,6-8,10H2. The van der Waals surface area contributed by atoms with Crippen molar-refractivity contribution in [2.75, 3.05) is 19.7 Å². The Kier molecular flexibility index (Phi) is 5.74. The van der Waals surface area contributed by atoms with Gasteiger partial charge in [-0.25, -0.2) is 0 Å². The second kappa shape index (κ2) is 7.83. The van der Waals surface area contributed by atoms with Crippen molar-refractivity contribution in [2.24, 2.45) is 0 Å². The number of aromatic nitrogens is 2. The Morgan fingerprint density at radius 3 is 2.89 bits per heavy atom. The minimum Gasteiger partial charge on any atom is -0.473 e. The molecule has 1 aromatic heterocycles. The van der Waals surface area contributed by atoms with Crippen LogP contribution in [0.5, 0.6) is 5.88 Å². The maximum atomic E-state index is 9.71. The second-order valence-electron chi connectivity index (χ2n) is 4.15. The fraction of sp³-hybridized carbons (Fsp3) is 0.385. The van der Waals surface area contributed by atoms with Gasteiger partial charge in [0.2, 0.25) is 5.88 Å². The maximum Gasteiger partial charge on any atom is 0.245 e. The minimum atomic E-state index is -0.544. The molecule has 1 aromatic carbocycles. The molecule has 2 rings (SSSR count). The van der Waals surface area contributed by atoms with Gasteiger partial charge in [-0.3, -0.25) is 0 Å². The van der Waals surface area contributed by atoms with E-state index in [0.717, 1.165) is 24.7 Å². The highest BCUT2D eigenvalue weighted by atomic mass is 32.1. The predicted molar refractivity (Wildman–Crippen MR) is 74.4 cm³/mol. The van der Waals surface area contributed by atoms with Gasteiger partial charge in [0.15, 0.2) is 0 Å². The van der Waals surface area contributed by atoms with E-state index in [1.54, 1.807) is 6.20 Å². The van der Waals surface area contributed by atoms with Crippen molar-refractivity contribution in [2.45, 2.75) is 12.5 Å². The van der Waals surface area contributed by atoms with Crippen LogP contribution in [0, 0.1) is 0 Å². The van der Waals surface area contributed by atoms with E-state index in [-0.39, 0.29) is 6.61 Å². The first kappa shape index (κ1) is 13.9. The quantitative estimate of drug-likeness (QED) is 0.709. The molecule has 19 heavy (non-hydrogen) atoms. The number of ether oxygens (including phenoxy) is 1. The summed E-state index contributed by atoms with van der Waals surface area (Å²) in [5.74, 6) is 0.466. The van der Waals surface area contributed by atoms with Crippen LogP contribution in [0.1, 0.15) is 5.56 Å². The summed E-state index contributed by atoms with van der Waals surface area (Å²) in [6.45, 7) is 1.56. The average Bonchev–Trinajstić information content (AvgIpc) is 2.96. The highest BCUT2D eigenvalue weighted by Gasteiger charge is 2.05. The molecular formula is C13H17N3O2S. The molecule has 0 aliphatic carbocycles. The maximum absolute atomic E-state index is 9.71. The Hall–Kier alpha value is -1.50. The van der Waals surface area contributed by atoms with Gasteiger partial charge in [0.05, 0.1) is 11.7 Å². The van der Waals surface area contributed by atoms with Crippen LogP contribution in [0.25, 0.3) is 0 Å². The van der Waals surface area contributed by atoms with Crippen LogP contribution in [0.15, 0.2) is 36.5 Å². The minimum absolute atomic E-state index is 0.226. The molecule has 0 saturated carbocycles. The smallest absolute Gasteiger partial charge is 0.245 e. The highest BCUT2D eigenvalue weighted by molar-refractivity contribution is 6.99. The van der Waals surface area contributed by atoms with E-state index in [2.05, 4.69) is 26.2 Å². The molecule has 0 bridgehead atoms. The predicted octanol–water partition coefficient (Wildman–Crippen LogP) is 1.11. The normalized spacial score (nSPS) is 12.3. The van der Waals surface area contributed by atoms with E-state index in [0.29, 0.717) is 12.4 Å². The summed E-state index contributed by atoms with van der Waals surface area (Å²) in [6, 6.07) is 10.2. The van der Waals surface area contributed by atoms with Gasteiger partial charge in [-0.05, 0) is 18.5 Å². The number of aliphatic hydroxyl groups excluding tert-OH is 1. The van der Waals surface area contributed by atoms with E-state index in [1.165, 1.54) is 5.56 Å². The molecule has 0 spiro atoms. The summed E-state index contributed by atoms with van der Waals surface area (Å²) >= 11 is 1.09. The van der Waals surface area contributed by atoms with Crippen molar-refractivity contribution in [1.82, 2.24) is 14.1 Å². The summed E-state index contributed by atoms with van der Waals surface area (Å²) < 4.78 is 13.0. The van der Waals surface area contributed by atoms with Crippen LogP contribution in [0.3, 0.4) is 0 Å². The summed E-state index contributed by atoms with van der Waals surface area (Å²) in [6.07, 6.45) is 1.95. The van der Waals surface area contributed by atoms with Crippen LogP contribution < -0.4 is 10.1 Å². The largest absolute Gasteiger partial charge is 0.473 e. The third-order valence-corrected chi connectivity index (χ3v) is 3.04. The first-order chi connectivity index (χ1) is 9.34. The first-order valence-electron chi connectivity index (χ1n) is 6.17. The lowest BCUT2D eigenvalue weighted by Crippen LogP contribution is -2.32. The van der Waals surface area contributed by atoms with Gasteiger partial charge in [0.25, 0.3) is 0 Å². The van der Waals surface area contributed by atoms with Crippen molar-refractivity contribution in [3.05, 3.63) is 42.1 Å². The van der Waals surface area contributed by atoms with E-state index < -0.39 is 6.10 Å². The fourth-order valence-corrected chi connectivity index (χ4v) is 1.97. The first-order valence-corrected chi connectivity index (χ1v) is 6.90. The van der Waals surface area contributed by atoms with Crippen molar-refractivity contribution < 1.29 is 9.84 Å². The van der Waals surface area contributed by atoms with E-state index in [1.807, 2.05) is 18.2 Å². The Bertz CT molecular complexity index is 450. The molecule has 0 fully saturated rings.